The van der Waals surface area contributed by atoms with E-state index in [0.29, 0.717) is 21.4 Å². The van der Waals surface area contributed by atoms with E-state index in [1.54, 1.807) is 31.5 Å². The van der Waals surface area contributed by atoms with Crippen LogP contribution in [0.15, 0.2) is 42.9 Å². The second-order valence-corrected chi connectivity index (χ2v) is 7.38. The van der Waals surface area contributed by atoms with Crippen molar-refractivity contribution in [2.24, 2.45) is 0 Å². The van der Waals surface area contributed by atoms with Crippen molar-refractivity contribution in [3.05, 3.63) is 53.4 Å². The van der Waals surface area contributed by atoms with E-state index in [1.807, 2.05) is 0 Å². The van der Waals surface area contributed by atoms with Crippen LogP contribution in [0.25, 0.3) is 32.3 Å². The van der Waals surface area contributed by atoms with Crippen molar-refractivity contribution in [1.29, 1.82) is 5.26 Å². The number of aryl methyl sites for hydroxylation is 1. The molecule has 0 aliphatic carbocycles. The Balaban J connectivity index is 2.03. The molecule has 5 nitrogen and oxygen atoms in total. The Morgan fingerprint density at radius 3 is 2.62 bits per heavy atom. The molecule has 0 bridgehead atoms. The smallest absolute Gasteiger partial charge is 0.435 e. The number of hydrogen-bond donors (Lipinski definition) is 1. The normalized spacial score (nSPS) is 11.7. The number of benzene rings is 1. The molecule has 0 radical (unpaired) electrons. The Bertz CT molecular complexity index is 1270. The minimum Gasteiger partial charge on any atom is -0.508 e. The Labute approximate surface area is 167 Å². The van der Waals surface area contributed by atoms with E-state index in [2.05, 4.69) is 16.2 Å². The van der Waals surface area contributed by atoms with Gasteiger partial charge in [0.05, 0.1) is 4.70 Å². The minimum atomic E-state index is -4.65. The van der Waals surface area contributed by atoms with Crippen LogP contribution in [0.2, 0.25) is 0 Å². The van der Waals surface area contributed by atoms with E-state index in [1.165, 1.54) is 34.3 Å². The van der Waals surface area contributed by atoms with E-state index in [9.17, 15) is 23.5 Å². The van der Waals surface area contributed by atoms with Crippen LogP contribution >= 0.6 is 11.3 Å². The number of phenolic OH excluding ortho intramolecular Hbond substituents is 1. The molecule has 1 aromatic carbocycles. The summed E-state index contributed by atoms with van der Waals surface area (Å²) < 4.78 is 42.9. The van der Waals surface area contributed by atoms with Crippen LogP contribution in [-0.4, -0.2) is 19.9 Å². The van der Waals surface area contributed by atoms with Crippen LogP contribution in [0.4, 0.5) is 13.2 Å². The monoisotopic (exact) mass is 414 g/mol. The van der Waals surface area contributed by atoms with Crippen LogP contribution in [0.3, 0.4) is 0 Å². The molecule has 0 atom stereocenters. The quantitative estimate of drug-likeness (QED) is 0.484. The maximum Gasteiger partial charge on any atom is 0.435 e. The highest BCUT2D eigenvalue weighted by atomic mass is 32.1. The Morgan fingerprint density at radius 2 is 1.93 bits per heavy atom. The summed E-state index contributed by atoms with van der Waals surface area (Å²) in [4.78, 5) is 4.66. The third kappa shape index (κ3) is 3.32. The molecule has 0 fully saturated rings. The summed E-state index contributed by atoms with van der Waals surface area (Å²) in [5, 5.41) is 23.6. The molecule has 0 aliphatic rings. The van der Waals surface area contributed by atoms with Crippen molar-refractivity contribution in [3.8, 4) is 34.1 Å². The molecule has 9 heteroatoms. The molecule has 29 heavy (non-hydrogen) atoms. The first-order chi connectivity index (χ1) is 13.8. The van der Waals surface area contributed by atoms with Gasteiger partial charge in [0, 0.05) is 41.6 Å². The van der Waals surface area contributed by atoms with E-state index in [-0.39, 0.29) is 23.4 Å². The zero-order valence-corrected chi connectivity index (χ0v) is 15.8. The lowest BCUT2D eigenvalue weighted by atomic mass is 9.93. The topological polar surface area (TPSA) is 74.7 Å². The molecule has 3 heterocycles. The number of aromatic hydroxyl groups is 1. The lowest BCUT2D eigenvalue weighted by molar-refractivity contribution is -0.141. The fourth-order valence-corrected chi connectivity index (χ4v) is 4.06. The van der Waals surface area contributed by atoms with Crippen LogP contribution in [0, 0.1) is 11.3 Å². The Kier molecular flexibility index (Phi) is 4.51. The van der Waals surface area contributed by atoms with E-state index in [4.69, 9.17) is 0 Å². The number of nitriles is 1. The van der Waals surface area contributed by atoms with Crippen LogP contribution < -0.4 is 0 Å². The standard InChI is InChI=1S/C20H13F3N4OS/c1-2-27-10-17(19(26-27)20(21,22)23)14-5-11(28)3-4-13(14)16-8-25-9-18-15(16)6-12(7-24)29-18/h3-6,8-10,28H,2H2,1H3. The molecule has 0 saturated carbocycles. The van der Waals surface area contributed by atoms with Gasteiger partial charge in [0.2, 0.25) is 0 Å². The summed E-state index contributed by atoms with van der Waals surface area (Å²) in [6.45, 7) is 1.96. The lowest BCUT2D eigenvalue weighted by Crippen LogP contribution is -2.09. The number of pyridine rings is 1. The van der Waals surface area contributed by atoms with E-state index >= 15 is 0 Å². The number of halogens is 3. The lowest BCUT2D eigenvalue weighted by Gasteiger charge is -2.12. The number of phenols is 1. The maximum atomic E-state index is 13.6. The number of alkyl halides is 3. The first-order valence-electron chi connectivity index (χ1n) is 8.58. The first kappa shape index (κ1) is 19.0. The van der Waals surface area contributed by atoms with Crippen molar-refractivity contribution < 1.29 is 18.3 Å². The summed E-state index contributed by atoms with van der Waals surface area (Å²) in [7, 11) is 0. The fraction of sp³-hybridized carbons (Fsp3) is 0.150. The van der Waals surface area contributed by atoms with Gasteiger partial charge in [-0.05, 0) is 36.2 Å². The predicted molar refractivity (Wildman–Crippen MR) is 103 cm³/mol. The highest BCUT2D eigenvalue weighted by Gasteiger charge is 2.38. The van der Waals surface area contributed by atoms with Gasteiger partial charge in [0.25, 0.3) is 0 Å². The first-order valence-corrected chi connectivity index (χ1v) is 9.39. The van der Waals surface area contributed by atoms with E-state index in [0.717, 1.165) is 4.70 Å². The highest BCUT2D eigenvalue weighted by molar-refractivity contribution is 7.19. The number of nitrogens with zero attached hydrogens (tertiary/aromatic N) is 4. The molecular formula is C20H13F3N4OS. The molecule has 4 rings (SSSR count). The van der Waals surface area contributed by atoms with Crippen molar-refractivity contribution in [3.63, 3.8) is 0 Å². The van der Waals surface area contributed by atoms with Crippen LogP contribution in [0.1, 0.15) is 17.5 Å². The molecular weight excluding hydrogens is 401 g/mol. The maximum absolute atomic E-state index is 13.6. The molecule has 3 aromatic heterocycles. The van der Waals surface area contributed by atoms with Gasteiger partial charge in [0.1, 0.15) is 16.7 Å². The summed E-state index contributed by atoms with van der Waals surface area (Å²) in [6, 6.07) is 8.02. The van der Waals surface area contributed by atoms with Crippen LogP contribution in [-0.2, 0) is 12.7 Å². The third-order valence-corrected chi connectivity index (χ3v) is 5.47. The number of rotatable bonds is 3. The van der Waals surface area contributed by atoms with Gasteiger partial charge in [-0.25, -0.2) is 0 Å². The molecule has 0 saturated heterocycles. The number of hydrogen-bond acceptors (Lipinski definition) is 5. The van der Waals surface area contributed by atoms with Crippen molar-refractivity contribution >= 4 is 21.4 Å². The molecule has 4 aromatic rings. The van der Waals surface area contributed by atoms with Gasteiger partial charge in [-0.1, -0.05) is 6.07 Å². The third-order valence-electron chi connectivity index (χ3n) is 4.49. The Hall–Kier alpha value is -3.38. The predicted octanol–water partition coefficient (Wildman–Crippen LogP) is 5.44. The average Bonchev–Trinajstić information content (AvgIpc) is 3.31. The number of thiophene rings is 1. The second kappa shape index (κ2) is 6.90. The SMILES string of the molecule is CCn1cc(-c2cc(O)ccc2-c2cncc3sc(C#N)cc23)c(C(F)(F)F)n1. The Morgan fingerprint density at radius 1 is 1.14 bits per heavy atom. The van der Waals surface area contributed by atoms with Gasteiger partial charge in [0.15, 0.2) is 5.69 Å². The summed E-state index contributed by atoms with van der Waals surface area (Å²) in [5.41, 5.74) is 0.0837. The molecule has 0 aliphatic heterocycles. The molecule has 1 N–H and O–H groups in total. The molecule has 146 valence electrons. The molecule has 0 amide bonds. The van der Waals surface area contributed by atoms with Crippen LogP contribution in [0.5, 0.6) is 5.75 Å². The van der Waals surface area contributed by atoms with Crippen molar-refractivity contribution in [2.45, 2.75) is 19.6 Å². The molecule has 0 spiro atoms. The second-order valence-electron chi connectivity index (χ2n) is 6.30. The highest BCUT2D eigenvalue weighted by Crippen LogP contribution is 2.43. The van der Waals surface area contributed by atoms with Gasteiger partial charge < -0.3 is 5.11 Å². The van der Waals surface area contributed by atoms with Gasteiger partial charge in [-0.15, -0.1) is 11.3 Å². The molecule has 0 unspecified atom stereocenters. The van der Waals surface area contributed by atoms with E-state index < -0.39 is 11.9 Å². The number of fused-ring (bicyclic) bond motifs is 1. The summed E-state index contributed by atoms with van der Waals surface area (Å²) in [5.74, 6) is -0.163. The zero-order chi connectivity index (χ0) is 20.8. The summed E-state index contributed by atoms with van der Waals surface area (Å²) >= 11 is 1.26. The van der Waals surface area contributed by atoms with Gasteiger partial charge in [-0.2, -0.15) is 23.5 Å². The number of aromatic nitrogens is 3. The van der Waals surface area contributed by atoms with Crippen molar-refractivity contribution in [2.75, 3.05) is 0 Å². The zero-order valence-electron chi connectivity index (χ0n) is 15.0. The fourth-order valence-electron chi connectivity index (χ4n) is 3.21. The minimum absolute atomic E-state index is 0.127. The van der Waals surface area contributed by atoms with Crippen molar-refractivity contribution in [1.82, 2.24) is 14.8 Å². The average molecular weight is 414 g/mol. The van der Waals surface area contributed by atoms with Gasteiger partial charge >= 0.3 is 6.18 Å². The summed E-state index contributed by atoms with van der Waals surface area (Å²) in [6.07, 6.45) is -0.174. The van der Waals surface area contributed by atoms with Gasteiger partial charge in [-0.3, -0.25) is 9.67 Å². The largest absolute Gasteiger partial charge is 0.508 e.